The van der Waals surface area contributed by atoms with Gasteiger partial charge in [0.25, 0.3) is 0 Å². The number of amides is 2. The molecule has 0 aliphatic carbocycles. The minimum Gasteiger partial charge on any atom is -0.459 e. The van der Waals surface area contributed by atoms with Gasteiger partial charge in [0.1, 0.15) is 11.3 Å². The molecule has 3 rings (SSSR count). The molecule has 0 fully saturated rings. The number of rotatable bonds is 7. The van der Waals surface area contributed by atoms with Crippen LogP contribution in [0.15, 0.2) is 52.9 Å². The third kappa shape index (κ3) is 5.16. The van der Waals surface area contributed by atoms with Crippen LogP contribution in [0.1, 0.15) is 29.9 Å². The summed E-state index contributed by atoms with van der Waals surface area (Å²) in [5.41, 5.74) is 3.78. The smallest absolute Gasteiger partial charge is 0.234 e. The zero-order valence-electron chi connectivity index (χ0n) is 16.2. The maximum absolute atomic E-state index is 12.2. The topological polar surface area (TPSA) is 71.3 Å². The van der Waals surface area contributed by atoms with Gasteiger partial charge in [-0.05, 0) is 44.5 Å². The van der Waals surface area contributed by atoms with Gasteiger partial charge in [0.2, 0.25) is 11.8 Å². The molecule has 0 saturated carbocycles. The fourth-order valence-corrected chi connectivity index (χ4v) is 3.57. The van der Waals surface area contributed by atoms with Gasteiger partial charge in [0.05, 0.1) is 17.5 Å². The summed E-state index contributed by atoms with van der Waals surface area (Å²) in [6.45, 7) is 5.86. The van der Waals surface area contributed by atoms with Crippen LogP contribution >= 0.6 is 11.8 Å². The van der Waals surface area contributed by atoms with E-state index >= 15 is 0 Å². The number of hydrogen-bond acceptors (Lipinski definition) is 4. The van der Waals surface area contributed by atoms with Crippen LogP contribution in [0.25, 0.3) is 11.0 Å². The maximum Gasteiger partial charge on any atom is 0.234 e. The molecule has 3 aromatic rings. The highest BCUT2D eigenvalue weighted by Gasteiger charge is 2.14. The summed E-state index contributed by atoms with van der Waals surface area (Å²) in [5.74, 6) is 0.907. The van der Waals surface area contributed by atoms with Crippen molar-refractivity contribution in [2.75, 3.05) is 16.8 Å². The normalized spacial score (nSPS) is 12.0. The van der Waals surface area contributed by atoms with Crippen LogP contribution in [-0.4, -0.2) is 23.3 Å². The second kappa shape index (κ2) is 8.97. The minimum absolute atomic E-state index is 0.116. The number of carbonyl (C=O) groups is 2. The first-order valence-corrected chi connectivity index (χ1v) is 10.3. The van der Waals surface area contributed by atoms with Crippen LogP contribution in [0.5, 0.6) is 0 Å². The average Bonchev–Trinajstić information content (AvgIpc) is 3.08. The highest BCUT2D eigenvalue weighted by Crippen LogP contribution is 2.23. The first-order chi connectivity index (χ1) is 13.4. The molecule has 146 valence electrons. The van der Waals surface area contributed by atoms with Crippen molar-refractivity contribution in [2.24, 2.45) is 0 Å². The third-order valence-electron chi connectivity index (χ3n) is 4.37. The third-order valence-corrected chi connectivity index (χ3v) is 5.30. The van der Waals surface area contributed by atoms with Crippen LogP contribution in [0, 0.1) is 13.8 Å². The zero-order chi connectivity index (χ0) is 20.1. The molecule has 2 aromatic carbocycles. The van der Waals surface area contributed by atoms with E-state index in [9.17, 15) is 9.59 Å². The summed E-state index contributed by atoms with van der Waals surface area (Å²) in [6, 6.07) is 15.3. The number of fused-ring (bicyclic) bond motifs is 1. The maximum atomic E-state index is 12.2. The van der Waals surface area contributed by atoms with Crippen molar-refractivity contribution in [2.45, 2.75) is 26.8 Å². The molecule has 6 heteroatoms. The fourth-order valence-electron chi connectivity index (χ4n) is 2.95. The van der Waals surface area contributed by atoms with Crippen molar-refractivity contribution >= 4 is 40.2 Å². The predicted octanol–water partition coefficient (Wildman–Crippen LogP) is 4.60. The van der Waals surface area contributed by atoms with Crippen molar-refractivity contribution in [1.82, 2.24) is 5.32 Å². The van der Waals surface area contributed by atoms with Crippen LogP contribution in [0.2, 0.25) is 0 Å². The molecular formula is C22H24N2O3S. The van der Waals surface area contributed by atoms with E-state index in [1.807, 2.05) is 69.3 Å². The number of nitrogens with one attached hydrogen (secondary N) is 2. The lowest BCUT2D eigenvalue weighted by Crippen LogP contribution is -2.28. The second-order valence-electron chi connectivity index (χ2n) is 6.84. The van der Waals surface area contributed by atoms with Crippen LogP contribution < -0.4 is 10.6 Å². The standard InChI is InChI=1S/C22H24N2O3S/c1-14-8-9-18(15(2)10-14)24-22(26)13-28-12-21(25)23-16(3)20-11-17-6-4-5-7-19(17)27-20/h4-11,16H,12-13H2,1-3H3,(H,23,25)(H,24,26)/t16-/m0/s1. The van der Waals surface area contributed by atoms with E-state index < -0.39 is 0 Å². The van der Waals surface area contributed by atoms with Crippen molar-refractivity contribution in [3.05, 3.63) is 65.4 Å². The molecule has 0 radical (unpaired) electrons. The Labute approximate surface area is 168 Å². The van der Waals surface area contributed by atoms with E-state index in [4.69, 9.17) is 4.42 Å². The van der Waals surface area contributed by atoms with E-state index in [1.165, 1.54) is 11.8 Å². The molecular weight excluding hydrogens is 372 g/mol. The van der Waals surface area contributed by atoms with E-state index in [1.54, 1.807) is 0 Å². The molecule has 2 amide bonds. The number of thioether (sulfide) groups is 1. The molecule has 28 heavy (non-hydrogen) atoms. The number of aryl methyl sites for hydroxylation is 2. The van der Waals surface area contributed by atoms with Crippen LogP contribution in [-0.2, 0) is 9.59 Å². The quantitative estimate of drug-likeness (QED) is 0.612. The van der Waals surface area contributed by atoms with Gasteiger partial charge in [-0.15, -0.1) is 11.8 Å². The van der Waals surface area contributed by atoms with Crippen molar-refractivity contribution in [3.63, 3.8) is 0 Å². The summed E-state index contributed by atoms with van der Waals surface area (Å²) in [7, 11) is 0. The summed E-state index contributed by atoms with van der Waals surface area (Å²) in [5, 5.41) is 6.81. The number of benzene rings is 2. The highest BCUT2D eigenvalue weighted by atomic mass is 32.2. The zero-order valence-corrected chi connectivity index (χ0v) is 17.1. The summed E-state index contributed by atoms with van der Waals surface area (Å²) in [4.78, 5) is 24.3. The van der Waals surface area contributed by atoms with Crippen molar-refractivity contribution < 1.29 is 14.0 Å². The van der Waals surface area contributed by atoms with Gasteiger partial charge in [-0.1, -0.05) is 35.9 Å². The van der Waals surface area contributed by atoms with Gasteiger partial charge < -0.3 is 15.1 Å². The molecule has 0 unspecified atom stereocenters. The van der Waals surface area contributed by atoms with Gasteiger partial charge >= 0.3 is 0 Å². The summed E-state index contributed by atoms with van der Waals surface area (Å²) < 4.78 is 5.77. The molecule has 0 spiro atoms. The Morgan fingerprint density at radius 2 is 1.79 bits per heavy atom. The van der Waals surface area contributed by atoms with Crippen LogP contribution in [0.3, 0.4) is 0 Å². The van der Waals surface area contributed by atoms with Gasteiger partial charge in [-0.2, -0.15) is 0 Å². The lowest BCUT2D eigenvalue weighted by atomic mass is 10.1. The Balaban J connectivity index is 1.44. The molecule has 2 N–H and O–H groups in total. The average molecular weight is 397 g/mol. The molecule has 0 aliphatic rings. The van der Waals surface area contributed by atoms with E-state index in [0.717, 1.165) is 27.8 Å². The van der Waals surface area contributed by atoms with Gasteiger partial charge in [0.15, 0.2) is 0 Å². The lowest BCUT2D eigenvalue weighted by molar-refractivity contribution is -0.119. The molecule has 0 bridgehead atoms. The van der Waals surface area contributed by atoms with Crippen LogP contribution in [0.4, 0.5) is 5.69 Å². The molecule has 1 heterocycles. The van der Waals surface area contributed by atoms with Gasteiger partial charge in [-0.3, -0.25) is 9.59 Å². The Morgan fingerprint density at radius 3 is 2.54 bits per heavy atom. The largest absolute Gasteiger partial charge is 0.459 e. The van der Waals surface area contributed by atoms with Crippen molar-refractivity contribution in [1.29, 1.82) is 0 Å². The molecule has 5 nitrogen and oxygen atoms in total. The molecule has 1 atom stereocenters. The second-order valence-corrected chi connectivity index (χ2v) is 7.82. The molecule has 1 aromatic heterocycles. The highest BCUT2D eigenvalue weighted by molar-refractivity contribution is 8.00. The van der Waals surface area contributed by atoms with Crippen molar-refractivity contribution in [3.8, 4) is 0 Å². The number of carbonyl (C=O) groups excluding carboxylic acids is 2. The van der Waals surface area contributed by atoms with E-state index in [-0.39, 0.29) is 29.4 Å². The fraction of sp³-hybridized carbons (Fsp3) is 0.273. The molecule has 0 aliphatic heterocycles. The molecule has 0 saturated heterocycles. The number of furan rings is 1. The van der Waals surface area contributed by atoms with Gasteiger partial charge in [0, 0.05) is 11.1 Å². The summed E-state index contributed by atoms with van der Waals surface area (Å²) in [6.07, 6.45) is 0. The Morgan fingerprint density at radius 1 is 1.04 bits per heavy atom. The monoisotopic (exact) mass is 396 g/mol. The number of anilines is 1. The first kappa shape index (κ1) is 20.0. The van der Waals surface area contributed by atoms with Gasteiger partial charge in [-0.25, -0.2) is 0 Å². The first-order valence-electron chi connectivity index (χ1n) is 9.15. The number of hydrogen-bond donors (Lipinski definition) is 2. The lowest BCUT2D eigenvalue weighted by Gasteiger charge is -2.11. The Bertz CT molecular complexity index is 963. The Hall–Kier alpha value is -2.73. The van der Waals surface area contributed by atoms with E-state index in [0.29, 0.717) is 5.76 Å². The summed E-state index contributed by atoms with van der Waals surface area (Å²) >= 11 is 1.29. The van der Waals surface area contributed by atoms with E-state index in [2.05, 4.69) is 10.6 Å². The SMILES string of the molecule is Cc1ccc(NC(=O)CSCC(=O)N[C@@H](C)c2cc3ccccc3o2)c(C)c1. The number of para-hydroxylation sites is 1. The Kier molecular flexibility index (Phi) is 6.41. The minimum atomic E-state index is -0.232. The predicted molar refractivity (Wildman–Crippen MR) is 115 cm³/mol.